The van der Waals surface area contributed by atoms with Gasteiger partial charge in [0.05, 0.1) is 22.1 Å². The van der Waals surface area contributed by atoms with Crippen LogP contribution in [-0.4, -0.2) is 29.4 Å². The molecule has 3 aromatic rings. The number of rotatable bonds is 5. The third kappa shape index (κ3) is 4.05. The number of ether oxygens (including phenoxy) is 1. The van der Waals surface area contributed by atoms with Crippen LogP contribution in [0.15, 0.2) is 21.3 Å². The normalized spacial score (nSPS) is 12.2. The summed E-state index contributed by atoms with van der Waals surface area (Å²) in [5, 5.41) is 1.71. The Hall–Kier alpha value is -2.67. The SMILES string of the molecule is Cc1cc(OCC(=O)N(C)C(C)c2nc(C)sc2C)c2c(C)c(C)c(=O)oc2c1. The van der Waals surface area contributed by atoms with Gasteiger partial charge < -0.3 is 14.1 Å². The van der Waals surface area contributed by atoms with E-state index in [1.54, 1.807) is 36.3 Å². The lowest BCUT2D eigenvalue weighted by atomic mass is 10.0. The maximum absolute atomic E-state index is 12.8. The zero-order chi connectivity index (χ0) is 21.5. The molecule has 3 rings (SSSR count). The van der Waals surface area contributed by atoms with Crippen LogP contribution >= 0.6 is 11.3 Å². The van der Waals surface area contributed by atoms with Crippen LogP contribution in [0.3, 0.4) is 0 Å². The van der Waals surface area contributed by atoms with Gasteiger partial charge in [-0.25, -0.2) is 9.78 Å². The Bertz CT molecular complexity index is 1150. The van der Waals surface area contributed by atoms with Gasteiger partial charge in [0.25, 0.3) is 5.91 Å². The molecule has 2 heterocycles. The molecular formula is C22H26N2O4S. The summed E-state index contributed by atoms with van der Waals surface area (Å²) in [4.78, 5) is 32.1. The fourth-order valence-corrected chi connectivity index (χ4v) is 4.28. The molecule has 0 fully saturated rings. The average molecular weight is 415 g/mol. The largest absolute Gasteiger partial charge is 0.483 e. The van der Waals surface area contributed by atoms with E-state index in [9.17, 15) is 9.59 Å². The molecule has 154 valence electrons. The molecule has 0 aliphatic rings. The van der Waals surface area contributed by atoms with Crippen molar-refractivity contribution >= 4 is 28.2 Å². The molecule has 1 aromatic carbocycles. The number of fused-ring (bicyclic) bond motifs is 1. The van der Waals surface area contributed by atoms with Crippen LogP contribution < -0.4 is 10.4 Å². The molecule has 6 nitrogen and oxygen atoms in total. The van der Waals surface area contributed by atoms with E-state index in [0.29, 0.717) is 16.9 Å². The summed E-state index contributed by atoms with van der Waals surface area (Å²) in [6.45, 7) is 11.3. The quantitative estimate of drug-likeness (QED) is 0.579. The number of carbonyl (C=O) groups is 1. The Labute approximate surface area is 174 Å². The molecule has 0 N–H and O–H groups in total. The van der Waals surface area contributed by atoms with Crippen LogP contribution in [-0.2, 0) is 4.79 Å². The van der Waals surface area contributed by atoms with E-state index in [1.165, 1.54) is 0 Å². The molecule has 0 bridgehead atoms. The third-order valence-electron chi connectivity index (χ3n) is 5.32. The molecule has 0 radical (unpaired) electrons. The highest BCUT2D eigenvalue weighted by atomic mass is 32.1. The lowest BCUT2D eigenvalue weighted by molar-refractivity contribution is -0.134. The van der Waals surface area contributed by atoms with Crippen molar-refractivity contribution in [1.82, 2.24) is 9.88 Å². The summed E-state index contributed by atoms with van der Waals surface area (Å²) in [5.74, 6) is 0.392. The number of aromatic nitrogens is 1. The molecule has 0 spiro atoms. The molecule has 7 heteroatoms. The van der Waals surface area contributed by atoms with E-state index in [1.807, 2.05) is 40.7 Å². The smallest absolute Gasteiger partial charge is 0.339 e. The summed E-state index contributed by atoms with van der Waals surface area (Å²) >= 11 is 1.63. The molecule has 0 saturated heterocycles. The highest BCUT2D eigenvalue weighted by Gasteiger charge is 2.22. The second-order valence-electron chi connectivity index (χ2n) is 7.42. The van der Waals surface area contributed by atoms with Crippen molar-refractivity contribution in [2.75, 3.05) is 13.7 Å². The summed E-state index contributed by atoms with van der Waals surface area (Å²) in [7, 11) is 1.76. The van der Waals surface area contributed by atoms with E-state index in [-0.39, 0.29) is 24.2 Å². The maximum atomic E-state index is 12.8. The predicted molar refractivity (Wildman–Crippen MR) is 115 cm³/mol. The number of nitrogens with zero attached hydrogens (tertiary/aromatic N) is 2. The van der Waals surface area contributed by atoms with Gasteiger partial charge in [-0.1, -0.05) is 0 Å². The summed E-state index contributed by atoms with van der Waals surface area (Å²) in [6.07, 6.45) is 0. The molecule has 1 unspecified atom stereocenters. The molecular weight excluding hydrogens is 388 g/mol. The zero-order valence-corrected chi connectivity index (χ0v) is 18.7. The minimum atomic E-state index is -0.356. The highest BCUT2D eigenvalue weighted by Crippen LogP contribution is 2.31. The Kier molecular flexibility index (Phi) is 5.80. The Balaban J connectivity index is 1.85. The number of likely N-dealkylation sites (N-methyl/N-ethyl adjacent to an activating group) is 1. The Morgan fingerprint density at radius 3 is 2.52 bits per heavy atom. The van der Waals surface area contributed by atoms with Gasteiger partial charge in [0.2, 0.25) is 0 Å². The molecule has 0 aliphatic carbocycles. The monoisotopic (exact) mass is 414 g/mol. The van der Waals surface area contributed by atoms with Gasteiger partial charge in [-0.3, -0.25) is 4.79 Å². The van der Waals surface area contributed by atoms with Crippen molar-refractivity contribution in [3.8, 4) is 5.75 Å². The zero-order valence-electron chi connectivity index (χ0n) is 17.9. The van der Waals surface area contributed by atoms with Crippen LogP contribution in [0, 0.1) is 34.6 Å². The first-order valence-electron chi connectivity index (χ1n) is 9.47. The minimum Gasteiger partial charge on any atom is -0.483 e. The van der Waals surface area contributed by atoms with Crippen molar-refractivity contribution in [2.45, 2.75) is 47.6 Å². The predicted octanol–water partition coefficient (Wildman–Crippen LogP) is 4.39. The number of aryl methyl sites for hydroxylation is 4. The van der Waals surface area contributed by atoms with Crippen LogP contribution in [0.1, 0.15) is 45.2 Å². The van der Waals surface area contributed by atoms with Gasteiger partial charge in [0, 0.05) is 17.5 Å². The first kappa shape index (κ1) is 21.0. The fourth-order valence-electron chi connectivity index (χ4n) is 3.38. The van der Waals surface area contributed by atoms with Gasteiger partial charge in [-0.15, -0.1) is 11.3 Å². The summed E-state index contributed by atoms with van der Waals surface area (Å²) in [6, 6.07) is 3.52. The number of hydrogen-bond donors (Lipinski definition) is 0. The topological polar surface area (TPSA) is 72.6 Å². The number of hydrogen-bond acceptors (Lipinski definition) is 6. The van der Waals surface area contributed by atoms with Gasteiger partial charge in [0.15, 0.2) is 6.61 Å². The molecule has 0 saturated carbocycles. The molecule has 1 amide bonds. The third-order valence-corrected chi connectivity index (χ3v) is 6.22. The molecule has 2 aromatic heterocycles. The van der Waals surface area contributed by atoms with Crippen LogP contribution in [0.25, 0.3) is 11.0 Å². The second kappa shape index (κ2) is 7.99. The second-order valence-corrected chi connectivity index (χ2v) is 8.83. The first-order valence-corrected chi connectivity index (χ1v) is 10.3. The summed E-state index contributed by atoms with van der Waals surface area (Å²) < 4.78 is 11.3. The minimum absolute atomic E-state index is 0.112. The molecule has 29 heavy (non-hydrogen) atoms. The van der Waals surface area contributed by atoms with Gasteiger partial charge >= 0.3 is 5.63 Å². The Morgan fingerprint density at radius 1 is 1.21 bits per heavy atom. The number of amides is 1. The van der Waals surface area contributed by atoms with Crippen molar-refractivity contribution in [3.63, 3.8) is 0 Å². The maximum Gasteiger partial charge on any atom is 0.339 e. The summed E-state index contributed by atoms with van der Waals surface area (Å²) in [5.41, 5.74) is 3.26. The van der Waals surface area contributed by atoms with Gasteiger partial charge in [0.1, 0.15) is 11.3 Å². The van der Waals surface area contributed by atoms with Crippen molar-refractivity contribution in [3.05, 3.63) is 54.8 Å². The van der Waals surface area contributed by atoms with Crippen LogP contribution in [0.5, 0.6) is 5.75 Å². The Morgan fingerprint density at radius 2 is 1.90 bits per heavy atom. The van der Waals surface area contributed by atoms with Gasteiger partial charge in [-0.2, -0.15) is 0 Å². The number of carbonyl (C=O) groups excluding carboxylic acids is 1. The number of benzene rings is 1. The van der Waals surface area contributed by atoms with E-state index in [4.69, 9.17) is 9.15 Å². The standard InChI is InChI=1S/C22H26N2O4S/c1-11-8-17(20-12(2)13(3)22(26)28-18(20)9-11)27-10-19(25)24(7)14(4)21-15(5)29-16(6)23-21/h8-9,14H,10H2,1-7H3. The van der Waals surface area contributed by atoms with Crippen LogP contribution in [0.2, 0.25) is 0 Å². The lowest BCUT2D eigenvalue weighted by Crippen LogP contribution is -2.34. The number of thiazole rings is 1. The average Bonchev–Trinajstić information content (AvgIpc) is 3.00. The fraction of sp³-hybridized carbons (Fsp3) is 0.409. The van der Waals surface area contributed by atoms with Crippen molar-refractivity contribution in [2.24, 2.45) is 0 Å². The molecule has 0 aliphatic heterocycles. The highest BCUT2D eigenvalue weighted by molar-refractivity contribution is 7.11. The van der Waals surface area contributed by atoms with E-state index < -0.39 is 0 Å². The lowest BCUT2D eigenvalue weighted by Gasteiger charge is -2.24. The van der Waals surface area contributed by atoms with Gasteiger partial charge in [-0.05, 0) is 64.8 Å². The van der Waals surface area contributed by atoms with Crippen LogP contribution in [0.4, 0.5) is 0 Å². The molecule has 1 atom stereocenters. The van der Waals surface area contributed by atoms with E-state index in [2.05, 4.69) is 4.98 Å². The van der Waals surface area contributed by atoms with Crippen molar-refractivity contribution < 1.29 is 13.9 Å². The first-order chi connectivity index (χ1) is 13.6. The van der Waals surface area contributed by atoms with E-state index in [0.717, 1.165) is 32.1 Å². The van der Waals surface area contributed by atoms with E-state index >= 15 is 0 Å². The van der Waals surface area contributed by atoms with Crippen molar-refractivity contribution in [1.29, 1.82) is 0 Å².